The predicted molar refractivity (Wildman–Crippen MR) is 89.3 cm³/mol. The minimum absolute atomic E-state index is 0.109. The average molecular weight is 325 g/mol. The summed E-state index contributed by atoms with van der Waals surface area (Å²) in [4.78, 5) is 35.1. The minimum Gasteiger partial charge on any atom is -0.379 e. The van der Waals surface area contributed by atoms with Crippen LogP contribution in [-0.4, -0.2) is 58.3 Å². The van der Waals surface area contributed by atoms with E-state index in [2.05, 4.69) is 15.3 Å². The Labute approximate surface area is 140 Å². The van der Waals surface area contributed by atoms with Gasteiger partial charge in [0.15, 0.2) is 0 Å². The van der Waals surface area contributed by atoms with Crippen molar-refractivity contribution in [2.75, 3.05) is 31.5 Å². The van der Waals surface area contributed by atoms with Crippen molar-refractivity contribution in [1.29, 1.82) is 0 Å². The highest BCUT2D eigenvalue weighted by Crippen LogP contribution is 2.12. The summed E-state index contributed by atoms with van der Waals surface area (Å²) in [6.07, 6.45) is 4.19. The van der Waals surface area contributed by atoms with Crippen LogP contribution < -0.4 is 5.32 Å². The van der Waals surface area contributed by atoms with Gasteiger partial charge in [0.25, 0.3) is 5.91 Å². The van der Waals surface area contributed by atoms with Crippen molar-refractivity contribution in [3.63, 3.8) is 0 Å². The van der Waals surface area contributed by atoms with Crippen molar-refractivity contribution < 1.29 is 9.59 Å². The molecule has 1 aliphatic heterocycles. The fourth-order valence-electron chi connectivity index (χ4n) is 2.55. The molecule has 0 aliphatic carbocycles. The molecule has 0 spiro atoms. The Morgan fingerprint density at radius 2 is 1.96 bits per heavy atom. The molecule has 0 aromatic carbocycles. The van der Waals surface area contributed by atoms with E-state index < -0.39 is 0 Å². The first kappa shape index (κ1) is 15.9. The Morgan fingerprint density at radius 3 is 2.67 bits per heavy atom. The van der Waals surface area contributed by atoms with Crippen molar-refractivity contribution in [2.24, 2.45) is 0 Å². The molecule has 7 heteroatoms. The number of hydrogen-bond acceptors (Lipinski definition) is 5. The zero-order valence-corrected chi connectivity index (χ0v) is 13.3. The first-order valence-electron chi connectivity index (χ1n) is 7.85. The first-order valence-corrected chi connectivity index (χ1v) is 7.85. The Kier molecular flexibility index (Phi) is 5.00. The molecule has 3 heterocycles. The fraction of sp³-hybridized carbons (Fsp3) is 0.294. The van der Waals surface area contributed by atoms with Crippen LogP contribution >= 0.6 is 0 Å². The van der Waals surface area contributed by atoms with Crippen LogP contribution in [0.5, 0.6) is 0 Å². The standard InChI is InChI=1S/C17H19N5O2/c23-13-21-7-9-22(10-8-21)17(24)16-11-14(4-6-19-16)20-12-15-3-1-2-5-18-15/h1-6,11,13H,7-10,12H2,(H,19,20). The van der Waals surface area contributed by atoms with E-state index in [4.69, 9.17) is 0 Å². The molecular weight excluding hydrogens is 306 g/mol. The first-order chi connectivity index (χ1) is 11.8. The molecule has 2 aromatic heterocycles. The molecule has 24 heavy (non-hydrogen) atoms. The van der Waals surface area contributed by atoms with E-state index in [0.29, 0.717) is 38.4 Å². The number of aromatic nitrogens is 2. The topological polar surface area (TPSA) is 78.4 Å². The van der Waals surface area contributed by atoms with E-state index >= 15 is 0 Å². The molecule has 1 aliphatic rings. The van der Waals surface area contributed by atoms with Crippen LogP contribution in [0.25, 0.3) is 0 Å². The molecule has 0 radical (unpaired) electrons. The van der Waals surface area contributed by atoms with Gasteiger partial charge in [-0.05, 0) is 24.3 Å². The molecule has 1 saturated heterocycles. The summed E-state index contributed by atoms with van der Waals surface area (Å²) in [6, 6.07) is 9.32. The number of amides is 2. The summed E-state index contributed by atoms with van der Waals surface area (Å²) in [5.74, 6) is -0.109. The van der Waals surface area contributed by atoms with Gasteiger partial charge in [0, 0.05) is 44.3 Å². The van der Waals surface area contributed by atoms with Crippen molar-refractivity contribution in [1.82, 2.24) is 19.8 Å². The lowest BCUT2D eigenvalue weighted by Crippen LogP contribution is -2.48. The number of pyridine rings is 2. The normalized spacial score (nSPS) is 14.3. The van der Waals surface area contributed by atoms with Crippen LogP contribution in [0.1, 0.15) is 16.2 Å². The maximum atomic E-state index is 12.5. The molecule has 1 fully saturated rings. The summed E-state index contributed by atoms with van der Waals surface area (Å²) in [5.41, 5.74) is 2.15. The van der Waals surface area contributed by atoms with Gasteiger partial charge in [0.1, 0.15) is 5.69 Å². The maximum absolute atomic E-state index is 12.5. The van der Waals surface area contributed by atoms with Gasteiger partial charge < -0.3 is 15.1 Å². The summed E-state index contributed by atoms with van der Waals surface area (Å²) in [7, 11) is 0. The molecular formula is C17H19N5O2. The summed E-state index contributed by atoms with van der Waals surface area (Å²) in [5, 5.41) is 3.25. The minimum atomic E-state index is -0.109. The number of piperazine rings is 1. The fourth-order valence-corrected chi connectivity index (χ4v) is 2.55. The van der Waals surface area contributed by atoms with Gasteiger partial charge in [0.2, 0.25) is 6.41 Å². The smallest absolute Gasteiger partial charge is 0.272 e. The van der Waals surface area contributed by atoms with Crippen molar-refractivity contribution in [2.45, 2.75) is 6.54 Å². The Bertz CT molecular complexity index is 699. The lowest BCUT2D eigenvalue weighted by atomic mass is 10.2. The van der Waals surface area contributed by atoms with Crippen LogP contribution in [0.4, 0.5) is 5.69 Å². The van der Waals surface area contributed by atoms with Crippen LogP contribution in [-0.2, 0) is 11.3 Å². The Hall–Kier alpha value is -2.96. The quantitative estimate of drug-likeness (QED) is 0.830. The lowest BCUT2D eigenvalue weighted by Gasteiger charge is -2.32. The van der Waals surface area contributed by atoms with Gasteiger partial charge in [0.05, 0.1) is 12.2 Å². The molecule has 1 N–H and O–H groups in total. The van der Waals surface area contributed by atoms with E-state index in [0.717, 1.165) is 17.8 Å². The number of hydrogen-bond donors (Lipinski definition) is 1. The second-order valence-corrected chi connectivity index (χ2v) is 5.54. The highest BCUT2D eigenvalue weighted by Gasteiger charge is 2.22. The largest absolute Gasteiger partial charge is 0.379 e. The van der Waals surface area contributed by atoms with Gasteiger partial charge in [-0.3, -0.25) is 19.6 Å². The molecule has 0 bridgehead atoms. The molecule has 0 atom stereocenters. The number of carbonyl (C=O) groups is 2. The van der Waals surface area contributed by atoms with Crippen LogP contribution in [0.15, 0.2) is 42.7 Å². The zero-order chi connectivity index (χ0) is 16.8. The molecule has 2 aromatic rings. The molecule has 3 rings (SSSR count). The van der Waals surface area contributed by atoms with Gasteiger partial charge >= 0.3 is 0 Å². The van der Waals surface area contributed by atoms with E-state index in [1.807, 2.05) is 24.3 Å². The van der Waals surface area contributed by atoms with Gasteiger partial charge in [-0.1, -0.05) is 6.07 Å². The number of rotatable bonds is 5. The second-order valence-electron chi connectivity index (χ2n) is 5.54. The monoisotopic (exact) mass is 325 g/mol. The van der Waals surface area contributed by atoms with E-state index in [1.54, 1.807) is 28.3 Å². The third-order valence-electron chi connectivity index (χ3n) is 3.93. The third-order valence-corrected chi connectivity index (χ3v) is 3.93. The second kappa shape index (κ2) is 7.54. The van der Waals surface area contributed by atoms with Crippen molar-refractivity contribution in [3.05, 3.63) is 54.1 Å². The molecule has 7 nitrogen and oxygen atoms in total. The maximum Gasteiger partial charge on any atom is 0.272 e. The Balaban J connectivity index is 1.62. The van der Waals surface area contributed by atoms with Crippen LogP contribution in [0.2, 0.25) is 0 Å². The van der Waals surface area contributed by atoms with Crippen molar-refractivity contribution >= 4 is 18.0 Å². The third kappa shape index (κ3) is 3.87. The van der Waals surface area contributed by atoms with Gasteiger partial charge in [-0.2, -0.15) is 0 Å². The lowest BCUT2D eigenvalue weighted by molar-refractivity contribution is -0.119. The predicted octanol–water partition coefficient (Wildman–Crippen LogP) is 1.00. The van der Waals surface area contributed by atoms with Crippen molar-refractivity contribution in [3.8, 4) is 0 Å². The van der Waals surface area contributed by atoms with Gasteiger partial charge in [-0.25, -0.2) is 0 Å². The molecule has 0 unspecified atom stereocenters. The number of anilines is 1. The number of nitrogens with zero attached hydrogens (tertiary/aromatic N) is 4. The van der Waals surface area contributed by atoms with E-state index in [-0.39, 0.29) is 5.91 Å². The zero-order valence-electron chi connectivity index (χ0n) is 13.3. The van der Waals surface area contributed by atoms with E-state index in [1.165, 1.54) is 0 Å². The Morgan fingerprint density at radius 1 is 1.12 bits per heavy atom. The molecule has 2 amide bonds. The number of nitrogens with one attached hydrogen (secondary N) is 1. The molecule has 0 saturated carbocycles. The van der Waals surface area contributed by atoms with Crippen LogP contribution in [0.3, 0.4) is 0 Å². The summed E-state index contributed by atoms with van der Waals surface area (Å²) >= 11 is 0. The SMILES string of the molecule is O=CN1CCN(C(=O)c2cc(NCc3ccccn3)ccn2)CC1. The molecule has 124 valence electrons. The summed E-state index contributed by atoms with van der Waals surface area (Å²) < 4.78 is 0. The highest BCUT2D eigenvalue weighted by molar-refractivity contribution is 5.93. The summed E-state index contributed by atoms with van der Waals surface area (Å²) in [6.45, 7) is 2.77. The van der Waals surface area contributed by atoms with E-state index in [9.17, 15) is 9.59 Å². The highest BCUT2D eigenvalue weighted by atomic mass is 16.2. The average Bonchev–Trinajstić information content (AvgIpc) is 2.67. The van der Waals surface area contributed by atoms with Crippen LogP contribution in [0, 0.1) is 0 Å². The number of carbonyl (C=O) groups excluding carboxylic acids is 2. The van der Waals surface area contributed by atoms with Gasteiger partial charge in [-0.15, -0.1) is 0 Å².